The van der Waals surface area contributed by atoms with Gasteiger partial charge in [0, 0.05) is 21.2 Å². The lowest BCUT2D eigenvalue weighted by molar-refractivity contribution is 0.0519. The molecule has 4 rings (SSSR count). The molecule has 154 valence electrons. The Morgan fingerprint density at radius 3 is 2.67 bits per heavy atom. The van der Waals surface area contributed by atoms with Gasteiger partial charge in [0.25, 0.3) is 0 Å². The second kappa shape index (κ2) is 8.77. The molecule has 7 heteroatoms. The van der Waals surface area contributed by atoms with E-state index in [4.69, 9.17) is 9.47 Å². The Morgan fingerprint density at radius 2 is 1.90 bits per heavy atom. The first-order valence-electron chi connectivity index (χ1n) is 9.71. The van der Waals surface area contributed by atoms with Crippen LogP contribution in [0.5, 0.6) is 5.75 Å². The molecule has 0 aliphatic carbocycles. The minimum absolute atomic E-state index is 0.157. The average Bonchev–Trinajstić information content (AvgIpc) is 3.05. The Morgan fingerprint density at radius 1 is 1.13 bits per heavy atom. The third-order valence-corrected chi connectivity index (χ3v) is 5.08. The molecule has 0 aliphatic rings. The van der Waals surface area contributed by atoms with Crippen LogP contribution in [0, 0.1) is 0 Å². The summed E-state index contributed by atoms with van der Waals surface area (Å²) < 4.78 is 12.7. The number of aliphatic hydroxyl groups is 1. The molecular weight excluding hydrogens is 400 g/mol. The third kappa shape index (κ3) is 4.13. The number of aromatic nitrogens is 2. The van der Waals surface area contributed by atoms with Gasteiger partial charge in [0.2, 0.25) is 0 Å². The van der Waals surface area contributed by atoms with Crippen molar-refractivity contribution in [2.45, 2.75) is 24.5 Å². The fraction of sp³-hybridized carbons (Fsp3) is 0.217. The number of carbonyl (C=O) groups excluding carboxylic acids is 1. The molecule has 2 aromatic heterocycles. The second-order valence-electron chi connectivity index (χ2n) is 6.90. The van der Waals surface area contributed by atoms with Crippen LogP contribution in [0.4, 0.5) is 0 Å². The van der Waals surface area contributed by atoms with Crippen LogP contribution in [0.15, 0.2) is 65.7 Å². The van der Waals surface area contributed by atoms with Gasteiger partial charge in [0.05, 0.1) is 24.9 Å². The Kier molecular flexibility index (Phi) is 5.92. The summed E-state index contributed by atoms with van der Waals surface area (Å²) in [7, 11) is 0. The monoisotopic (exact) mass is 422 g/mol. The van der Waals surface area contributed by atoms with Crippen molar-refractivity contribution in [1.82, 2.24) is 9.55 Å². The lowest BCUT2D eigenvalue weighted by Gasteiger charge is -2.15. The van der Waals surface area contributed by atoms with Crippen molar-refractivity contribution in [2.24, 2.45) is 0 Å². The van der Waals surface area contributed by atoms with Crippen LogP contribution >= 0.6 is 12.6 Å². The van der Waals surface area contributed by atoms with Gasteiger partial charge in [-0.05, 0) is 43.3 Å². The van der Waals surface area contributed by atoms with Crippen molar-refractivity contribution in [2.75, 3.05) is 13.2 Å². The maximum absolute atomic E-state index is 12.1. The zero-order valence-corrected chi connectivity index (χ0v) is 17.4. The number of carbonyl (C=O) groups is 1. The van der Waals surface area contributed by atoms with Gasteiger partial charge >= 0.3 is 5.97 Å². The second-order valence-corrected chi connectivity index (χ2v) is 7.41. The van der Waals surface area contributed by atoms with Crippen LogP contribution < -0.4 is 4.74 Å². The fourth-order valence-corrected chi connectivity index (χ4v) is 3.67. The first kappa shape index (κ1) is 20.3. The molecule has 0 spiro atoms. The quantitative estimate of drug-likeness (QED) is 0.347. The zero-order valence-electron chi connectivity index (χ0n) is 16.5. The van der Waals surface area contributed by atoms with E-state index in [0.29, 0.717) is 12.3 Å². The highest BCUT2D eigenvalue weighted by atomic mass is 32.1. The van der Waals surface area contributed by atoms with E-state index in [9.17, 15) is 9.90 Å². The van der Waals surface area contributed by atoms with E-state index in [2.05, 4.69) is 17.6 Å². The van der Waals surface area contributed by atoms with E-state index in [1.54, 1.807) is 19.2 Å². The minimum Gasteiger partial charge on any atom is -0.491 e. The molecule has 2 aromatic carbocycles. The summed E-state index contributed by atoms with van der Waals surface area (Å²) in [6, 6.07) is 16.9. The molecule has 1 unspecified atom stereocenters. The van der Waals surface area contributed by atoms with Gasteiger partial charge in [-0.25, -0.2) is 9.78 Å². The molecule has 1 N–H and O–H groups in total. The molecule has 2 heterocycles. The van der Waals surface area contributed by atoms with E-state index in [0.717, 1.165) is 26.7 Å². The number of nitrogens with zero attached hydrogens (tertiary/aromatic N) is 2. The molecular formula is C23H22N2O4S. The zero-order chi connectivity index (χ0) is 21.1. The van der Waals surface area contributed by atoms with Gasteiger partial charge in [-0.3, -0.25) is 0 Å². The van der Waals surface area contributed by atoms with Crippen LogP contribution in [0.2, 0.25) is 0 Å². The van der Waals surface area contributed by atoms with Crippen LogP contribution in [-0.4, -0.2) is 39.9 Å². The number of rotatable bonds is 7. The topological polar surface area (TPSA) is 73.6 Å². The normalized spacial score (nSPS) is 12.2. The van der Waals surface area contributed by atoms with E-state index in [-0.39, 0.29) is 18.9 Å². The highest BCUT2D eigenvalue weighted by molar-refractivity contribution is 7.80. The summed E-state index contributed by atoms with van der Waals surface area (Å²) in [5.41, 5.74) is 1.99. The predicted molar refractivity (Wildman–Crippen MR) is 118 cm³/mol. The highest BCUT2D eigenvalue weighted by Gasteiger charge is 2.18. The summed E-state index contributed by atoms with van der Waals surface area (Å²) in [6.45, 7) is 2.52. The van der Waals surface area contributed by atoms with Gasteiger partial charge in [0.15, 0.2) is 0 Å². The summed E-state index contributed by atoms with van der Waals surface area (Å²) in [6.07, 6.45) is 0.911. The van der Waals surface area contributed by atoms with Crippen LogP contribution in [0.25, 0.3) is 21.8 Å². The summed E-state index contributed by atoms with van der Waals surface area (Å²) in [4.78, 5) is 17.2. The highest BCUT2D eigenvalue weighted by Crippen LogP contribution is 2.31. The molecule has 0 fully saturated rings. The Hall–Kier alpha value is -3.03. The molecule has 0 bridgehead atoms. The standard InChI is InChI=1S/C23H22N2O4S/c1-2-28-23(27)20-11-19-18-10-17(30)8-9-21(18)25(22(19)12-24-20)13-15(26)14-29-16-6-4-3-5-7-16/h3-12,15,26,30H,2,13-14H2,1H3. The van der Waals surface area contributed by atoms with Gasteiger partial charge in [-0.2, -0.15) is 0 Å². The average molecular weight is 423 g/mol. The summed E-state index contributed by atoms with van der Waals surface area (Å²) in [5.74, 6) is 0.248. The van der Waals surface area contributed by atoms with E-state index < -0.39 is 12.1 Å². The van der Waals surface area contributed by atoms with Gasteiger partial charge in [0.1, 0.15) is 24.2 Å². The van der Waals surface area contributed by atoms with E-state index in [1.807, 2.05) is 53.1 Å². The number of fused-ring (bicyclic) bond motifs is 3. The lowest BCUT2D eigenvalue weighted by atomic mass is 10.1. The van der Waals surface area contributed by atoms with Crippen molar-refractivity contribution in [3.05, 3.63) is 66.5 Å². The predicted octanol–water partition coefficient (Wildman–Crippen LogP) is 4.09. The number of esters is 1. The number of benzene rings is 2. The number of para-hydroxylation sites is 1. The van der Waals surface area contributed by atoms with Gasteiger partial charge < -0.3 is 19.1 Å². The van der Waals surface area contributed by atoms with Crippen LogP contribution in [-0.2, 0) is 11.3 Å². The number of hydrogen-bond donors (Lipinski definition) is 2. The number of ether oxygens (including phenoxy) is 2. The molecule has 0 radical (unpaired) electrons. The molecule has 0 saturated heterocycles. The molecule has 30 heavy (non-hydrogen) atoms. The molecule has 0 saturated carbocycles. The number of pyridine rings is 1. The first-order valence-corrected chi connectivity index (χ1v) is 10.2. The molecule has 0 aliphatic heterocycles. The van der Waals surface area contributed by atoms with E-state index in [1.165, 1.54) is 0 Å². The van der Waals surface area contributed by atoms with Crippen molar-refractivity contribution in [1.29, 1.82) is 0 Å². The first-order chi connectivity index (χ1) is 14.6. The summed E-state index contributed by atoms with van der Waals surface area (Å²) in [5, 5.41) is 12.4. The SMILES string of the molecule is CCOC(=O)c1cc2c3cc(S)ccc3n(CC(O)COc3ccccc3)c2cn1. The third-order valence-electron chi connectivity index (χ3n) is 4.80. The minimum atomic E-state index is -0.732. The van der Waals surface area contributed by atoms with Crippen LogP contribution in [0.3, 0.4) is 0 Å². The molecule has 6 nitrogen and oxygen atoms in total. The maximum Gasteiger partial charge on any atom is 0.356 e. The Labute approximate surface area is 179 Å². The summed E-state index contributed by atoms with van der Waals surface area (Å²) >= 11 is 4.45. The molecule has 1 atom stereocenters. The number of aliphatic hydroxyl groups excluding tert-OH is 1. The van der Waals surface area contributed by atoms with Gasteiger partial charge in [-0.1, -0.05) is 18.2 Å². The Balaban J connectivity index is 1.68. The van der Waals surface area contributed by atoms with Crippen LogP contribution in [0.1, 0.15) is 17.4 Å². The van der Waals surface area contributed by atoms with Crippen molar-refractivity contribution >= 4 is 40.4 Å². The largest absolute Gasteiger partial charge is 0.491 e. The number of hydrogen-bond acceptors (Lipinski definition) is 6. The van der Waals surface area contributed by atoms with Gasteiger partial charge in [-0.15, -0.1) is 12.6 Å². The maximum atomic E-state index is 12.1. The van der Waals surface area contributed by atoms with Crippen molar-refractivity contribution in [3.8, 4) is 5.75 Å². The van der Waals surface area contributed by atoms with Crippen molar-refractivity contribution < 1.29 is 19.4 Å². The molecule has 4 aromatic rings. The van der Waals surface area contributed by atoms with E-state index >= 15 is 0 Å². The van der Waals surface area contributed by atoms with Crippen molar-refractivity contribution in [3.63, 3.8) is 0 Å². The Bertz CT molecular complexity index is 1190. The fourth-order valence-electron chi connectivity index (χ4n) is 3.47. The molecule has 0 amide bonds. The smallest absolute Gasteiger partial charge is 0.356 e. The lowest BCUT2D eigenvalue weighted by Crippen LogP contribution is -2.23. The number of thiol groups is 1.